The molecule has 0 aromatic heterocycles. The predicted molar refractivity (Wildman–Crippen MR) is 74.4 cm³/mol. The predicted octanol–water partition coefficient (Wildman–Crippen LogP) is 2.24. The molecule has 1 rings (SSSR count). The average Bonchev–Trinajstić information content (AvgIpc) is 2.37. The molecule has 0 fully saturated rings. The molecule has 0 aliphatic rings. The highest BCUT2D eigenvalue weighted by atomic mass is 79.9. The van der Waals surface area contributed by atoms with E-state index in [0.717, 1.165) is 6.42 Å². The van der Waals surface area contributed by atoms with E-state index in [4.69, 9.17) is 0 Å². The maximum absolute atomic E-state index is 13.4. The van der Waals surface area contributed by atoms with Crippen molar-refractivity contribution >= 4 is 33.6 Å². The van der Waals surface area contributed by atoms with Gasteiger partial charge in [0.05, 0.1) is 12.2 Å². The Morgan fingerprint density at radius 3 is 2.68 bits per heavy atom. The van der Waals surface area contributed by atoms with Crippen LogP contribution in [0.2, 0.25) is 0 Å². The van der Waals surface area contributed by atoms with Gasteiger partial charge in [0.25, 0.3) is 0 Å². The van der Waals surface area contributed by atoms with Crippen LogP contribution in [0.5, 0.6) is 0 Å². The van der Waals surface area contributed by atoms with Crippen LogP contribution in [0.4, 0.5) is 14.9 Å². The largest absolute Gasteiger partial charge is 0.355 e. The lowest BCUT2D eigenvalue weighted by molar-refractivity contribution is -0.120. The molecule has 0 saturated heterocycles. The minimum Gasteiger partial charge on any atom is -0.355 e. The van der Waals surface area contributed by atoms with E-state index in [1.165, 1.54) is 12.1 Å². The molecule has 0 bridgehead atoms. The van der Waals surface area contributed by atoms with Crippen molar-refractivity contribution in [2.24, 2.45) is 0 Å². The van der Waals surface area contributed by atoms with Crippen molar-refractivity contribution < 1.29 is 14.0 Å². The second-order valence-electron chi connectivity index (χ2n) is 3.78. The van der Waals surface area contributed by atoms with Gasteiger partial charge in [-0.3, -0.25) is 4.79 Å². The Balaban J connectivity index is 2.41. The third-order valence-corrected chi connectivity index (χ3v) is 2.65. The van der Waals surface area contributed by atoms with Gasteiger partial charge in [0.1, 0.15) is 5.82 Å². The number of amides is 3. The van der Waals surface area contributed by atoms with Crippen molar-refractivity contribution in [3.05, 3.63) is 28.5 Å². The van der Waals surface area contributed by atoms with Crippen LogP contribution in [0.1, 0.15) is 13.3 Å². The van der Waals surface area contributed by atoms with Gasteiger partial charge in [0.15, 0.2) is 0 Å². The molecule has 0 aliphatic heterocycles. The van der Waals surface area contributed by atoms with E-state index in [0.29, 0.717) is 11.0 Å². The van der Waals surface area contributed by atoms with Gasteiger partial charge in [-0.25, -0.2) is 9.18 Å². The van der Waals surface area contributed by atoms with E-state index >= 15 is 0 Å². The smallest absolute Gasteiger partial charge is 0.319 e. The van der Waals surface area contributed by atoms with Gasteiger partial charge in [0.2, 0.25) is 5.91 Å². The number of hydrogen-bond donors (Lipinski definition) is 3. The Kier molecular flexibility index (Phi) is 6.27. The molecule has 0 heterocycles. The number of benzene rings is 1. The molecule has 5 nitrogen and oxygen atoms in total. The van der Waals surface area contributed by atoms with Gasteiger partial charge in [-0.15, -0.1) is 0 Å². The summed E-state index contributed by atoms with van der Waals surface area (Å²) in [6, 6.07) is 3.64. The molecule has 0 radical (unpaired) electrons. The van der Waals surface area contributed by atoms with Gasteiger partial charge in [0, 0.05) is 11.0 Å². The fourth-order valence-electron chi connectivity index (χ4n) is 1.24. The number of nitrogens with one attached hydrogen (secondary N) is 3. The van der Waals surface area contributed by atoms with Gasteiger partial charge < -0.3 is 16.0 Å². The number of hydrogen-bond acceptors (Lipinski definition) is 2. The maximum Gasteiger partial charge on any atom is 0.319 e. The first-order valence-corrected chi connectivity index (χ1v) is 6.59. The molecule has 7 heteroatoms. The summed E-state index contributed by atoms with van der Waals surface area (Å²) >= 11 is 3.12. The van der Waals surface area contributed by atoms with Crippen molar-refractivity contribution in [1.29, 1.82) is 0 Å². The molecule has 0 aliphatic carbocycles. The maximum atomic E-state index is 13.4. The topological polar surface area (TPSA) is 70.2 Å². The van der Waals surface area contributed by atoms with E-state index in [9.17, 15) is 14.0 Å². The van der Waals surface area contributed by atoms with Gasteiger partial charge in [-0.2, -0.15) is 0 Å². The Hall–Kier alpha value is -1.63. The Morgan fingerprint density at radius 1 is 1.32 bits per heavy atom. The van der Waals surface area contributed by atoms with Crippen LogP contribution in [0, 0.1) is 5.82 Å². The zero-order valence-corrected chi connectivity index (χ0v) is 12.0. The van der Waals surface area contributed by atoms with E-state index in [-0.39, 0.29) is 18.1 Å². The molecule has 3 N–H and O–H groups in total. The lowest BCUT2D eigenvalue weighted by Gasteiger charge is -2.08. The molecule has 19 heavy (non-hydrogen) atoms. The summed E-state index contributed by atoms with van der Waals surface area (Å²) in [5.41, 5.74) is 0.0506. The van der Waals surface area contributed by atoms with Gasteiger partial charge >= 0.3 is 6.03 Å². The van der Waals surface area contributed by atoms with Crippen LogP contribution >= 0.6 is 15.9 Å². The van der Waals surface area contributed by atoms with Crippen LogP contribution in [0.15, 0.2) is 22.7 Å². The second kappa shape index (κ2) is 7.73. The quantitative estimate of drug-likeness (QED) is 0.774. The van der Waals surface area contributed by atoms with Crippen LogP contribution in [-0.2, 0) is 4.79 Å². The minimum atomic E-state index is -0.632. The van der Waals surface area contributed by atoms with Crippen LogP contribution < -0.4 is 16.0 Å². The first-order chi connectivity index (χ1) is 9.02. The first-order valence-electron chi connectivity index (χ1n) is 5.79. The number of rotatable bonds is 5. The molecule has 0 atom stereocenters. The van der Waals surface area contributed by atoms with E-state index in [1.807, 2.05) is 6.92 Å². The minimum absolute atomic E-state index is 0.0506. The first kappa shape index (κ1) is 15.4. The summed E-state index contributed by atoms with van der Waals surface area (Å²) in [5.74, 6) is -0.840. The summed E-state index contributed by atoms with van der Waals surface area (Å²) in [6.07, 6.45) is 0.821. The number of carbonyl (C=O) groups is 2. The second-order valence-corrected chi connectivity index (χ2v) is 4.70. The lowest BCUT2D eigenvalue weighted by atomic mass is 10.3. The summed E-state index contributed by atoms with van der Waals surface area (Å²) < 4.78 is 14.0. The number of carbonyl (C=O) groups excluding carboxylic acids is 2. The molecular weight excluding hydrogens is 317 g/mol. The fraction of sp³-hybridized carbons (Fsp3) is 0.333. The van der Waals surface area contributed by atoms with Crippen molar-refractivity contribution in [3.63, 3.8) is 0 Å². The van der Waals surface area contributed by atoms with Crippen molar-refractivity contribution in [1.82, 2.24) is 10.6 Å². The van der Waals surface area contributed by atoms with E-state index < -0.39 is 11.8 Å². The molecule has 3 amide bonds. The van der Waals surface area contributed by atoms with E-state index in [2.05, 4.69) is 31.9 Å². The van der Waals surface area contributed by atoms with E-state index in [1.54, 1.807) is 6.07 Å². The van der Waals surface area contributed by atoms with Crippen LogP contribution in [0.3, 0.4) is 0 Å². The highest BCUT2D eigenvalue weighted by molar-refractivity contribution is 9.10. The monoisotopic (exact) mass is 331 g/mol. The van der Waals surface area contributed by atoms with Crippen LogP contribution in [0.25, 0.3) is 0 Å². The normalized spacial score (nSPS) is 9.84. The summed E-state index contributed by atoms with van der Waals surface area (Å²) in [5, 5.41) is 7.27. The molecule has 0 unspecified atom stereocenters. The van der Waals surface area contributed by atoms with Crippen molar-refractivity contribution in [3.8, 4) is 0 Å². The third kappa shape index (κ3) is 5.69. The zero-order chi connectivity index (χ0) is 14.3. The van der Waals surface area contributed by atoms with Crippen molar-refractivity contribution in [2.75, 3.05) is 18.4 Å². The molecule has 0 spiro atoms. The average molecular weight is 332 g/mol. The Morgan fingerprint density at radius 2 is 2.05 bits per heavy atom. The van der Waals surface area contributed by atoms with Crippen LogP contribution in [-0.4, -0.2) is 25.0 Å². The Bertz CT molecular complexity index is 468. The molecule has 1 aromatic rings. The molecule has 1 aromatic carbocycles. The summed E-state index contributed by atoms with van der Waals surface area (Å²) in [6.45, 7) is 2.34. The highest BCUT2D eigenvalue weighted by Gasteiger charge is 2.08. The highest BCUT2D eigenvalue weighted by Crippen LogP contribution is 2.18. The standard InChI is InChI=1S/C12H15BrFN3O2/c1-2-5-15-11(18)7-16-12(19)17-10-4-3-8(13)6-9(10)14/h3-4,6H,2,5,7H2,1H3,(H,15,18)(H2,16,17,19). The SMILES string of the molecule is CCCNC(=O)CNC(=O)Nc1ccc(Br)cc1F. The molecule has 0 saturated carbocycles. The third-order valence-electron chi connectivity index (χ3n) is 2.16. The summed E-state index contributed by atoms with van der Waals surface area (Å²) in [4.78, 5) is 22.7. The fourth-order valence-corrected chi connectivity index (χ4v) is 1.58. The van der Waals surface area contributed by atoms with Crippen molar-refractivity contribution in [2.45, 2.75) is 13.3 Å². The van der Waals surface area contributed by atoms with Gasteiger partial charge in [-0.1, -0.05) is 22.9 Å². The zero-order valence-electron chi connectivity index (χ0n) is 10.4. The number of anilines is 1. The Labute approximate surface area is 119 Å². The number of halogens is 2. The number of urea groups is 1. The summed E-state index contributed by atoms with van der Waals surface area (Å²) in [7, 11) is 0. The molecular formula is C12H15BrFN3O2. The lowest BCUT2D eigenvalue weighted by Crippen LogP contribution is -2.39. The van der Waals surface area contributed by atoms with Gasteiger partial charge in [-0.05, 0) is 24.6 Å². The molecule has 104 valence electrons.